The average molecular weight is 625 g/mol. The predicted octanol–water partition coefficient (Wildman–Crippen LogP) is 12.8. The summed E-state index contributed by atoms with van der Waals surface area (Å²) < 4.78 is 0. The molecule has 2 aliphatic rings. The molecule has 0 unspecified atom stereocenters. The number of hydrogen-bond acceptors (Lipinski definition) is 4. The van der Waals surface area contributed by atoms with Gasteiger partial charge >= 0.3 is 0 Å². The molecule has 0 aromatic heterocycles. The summed E-state index contributed by atoms with van der Waals surface area (Å²) in [5.41, 5.74) is 10.7. The number of thioether (sulfide) groups is 2. The molecule has 0 bridgehead atoms. The summed E-state index contributed by atoms with van der Waals surface area (Å²) in [7, 11) is 0. The van der Waals surface area contributed by atoms with E-state index in [1.165, 1.54) is 64.9 Å². The Bertz CT molecular complexity index is 1600. The highest BCUT2D eigenvalue weighted by Crippen LogP contribution is 2.57. The summed E-state index contributed by atoms with van der Waals surface area (Å²) in [6, 6.07) is 23.4. The van der Waals surface area contributed by atoms with Crippen LogP contribution in [0, 0.1) is 0 Å². The summed E-state index contributed by atoms with van der Waals surface area (Å²) in [4.78, 5) is 7.71. The van der Waals surface area contributed by atoms with Gasteiger partial charge in [0.1, 0.15) is 10.1 Å². The van der Waals surface area contributed by atoms with E-state index in [-0.39, 0.29) is 21.7 Å². The molecule has 0 saturated heterocycles. The van der Waals surface area contributed by atoms with Crippen molar-refractivity contribution < 1.29 is 0 Å². The molecule has 0 atom stereocenters. The maximum absolute atomic E-state index is 2.53. The van der Waals surface area contributed by atoms with Gasteiger partial charge in [0, 0.05) is 26.9 Å². The summed E-state index contributed by atoms with van der Waals surface area (Å²) >= 11 is 3.81. The second-order valence-corrected chi connectivity index (χ2v) is 18.9. The van der Waals surface area contributed by atoms with Crippen molar-refractivity contribution in [3.8, 4) is 0 Å². The van der Waals surface area contributed by atoms with Crippen molar-refractivity contribution in [1.82, 2.24) is 0 Å². The molecule has 4 heteroatoms. The summed E-state index contributed by atoms with van der Waals surface area (Å²) in [5.74, 6) is 0. The van der Waals surface area contributed by atoms with Crippen LogP contribution in [0.15, 0.2) is 86.2 Å². The van der Waals surface area contributed by atoms with Gasteiger partial charge in [0.15, 0.2) is 0 Å². The first-order chi connectivity index (χ1) is 20.2. The van der Waals surface area contributed by atoms with E-state index in [2.05, 4.69) is 167 Å². The fourth-order valence-electron chi connectivity index (χ4n) is 5.62. The van der Waals surface area contributed by atoms with Crippen LogP contribution in [0.1, 0.15) is 119 Å². The van der Waals surface area contributed by atoms with Gasteiger partial charge in [-0.3, -0.25) is 0 Å². The molecule has 2 aliphatic heterocycles. The first-order valence-corrected chi connectivity index (χ1v) is 17.6. The van der Waals surface area contributed by atoms with Crippen molar-refractivity contribution in [3.05, 3.63) is 104 Å². The average Bonchev–Trinajstić information content (AvgIpc) is 3.43. The lowest BCUT2D eigenvalue weighted by Crippen LogP contribution is -2.24. The zero-order chi connectivity index (χ0) is 32.6. The van der Waals surface area contributed by atoms with Crippen LogP contribution < -0.4 is 9.80 Å². The maximum atomic E-state index is 2.53. The molecule has 2 heterocycles. The van der Waals surface area contributed by atoms with Crippen molar-refractivity contribution in [3.63, 3.8) is 0 Å². The minimum Gasteiger partial charge on any atom is -0.306 e. The van der Waals surface area contributed by atoms with E-state index in [4.69, 9.17) is 0 Å². The van der Waals surface area contributed by atoms with E-state index in [1.54, 1.807) is 0 Å². The van der Waals surface area contributed by atoms with Gasteiger partial charge in [-0.25, -0.2) is 0 Å². The smallest absolute Gasteiger partial charge is 0.116 e. The number of benzene rings is 3. The number of anilines is 3. The second-order valence-electron chi connectivity index (χ2n) is 16.6. The van der Waals surface area contributed by atoms with E-state index in [0.717, 1.165) is 0 Å². The molecule has 5 rings (SSSR count). The molecule has 0 fully saturated rings. The SMILES string of the molecule is CC1=C(C)N(c2cc(C(C)(C)C)cc(C(C)(C)C)c2)/C(=C2\Sc3ccccc3N2c2cc(C(C)(C)C)cc(C(C)(C)C)c2)S1. The van der Waals surface area contributed by atoms with Gasteiger partial charge in [-0.05, 0) is 94.2 Å². The fourth-order valence-corrected chi connectivity index (χ4v) is 8.00. The van der Waals surface area contributed by atoms with Crippen molar-refractivity contribution >= 4 is 40.6 Å². The first-order valence-electron chi connectivity index (χ1n) is 15.9. The molecule has 0 saturated carbocycles. The van der Waals surface area contributed by atoms with Crippen LogP contribution in [0.2, 0.25) is 0 Å². The molecule has 0 N–H and O–H groups in total. The third-order valence-corrected chi connectivity index (χ3v) is 11.2. The van der Waals surface area contributed by atoms with Crippen LogP contribution in [0.5, 0.6) is 0 Å². The predicted molar refractivity (Wildman–Crippen MR) is 198 cm³/mol. The van der Waals surface area contributed by atoms with Gasteiger partial charge in [0.25, 0.3) is 0 Å². The third kappa shape index (κ3) is 6.27. The third-order valence-electron chi connectivity index (χ3n) is 8.81. The van der Waals surface area contributed by atoms with Gasteiger partial charge in [-0.2, -0.15) is 0 Å². The molecule has 3 aromatic rings. The molecule has 0 aliphatic carbocycles. The number of nitrogens with zero attached hydrogens (tertiary/aromatic N) is 2. The zero-order valence-corrected chi connectivity index (χ0v) is 31.1. The summed E-state index contributed by atoms with van der Waals surface area (Å²) in [6.07, 6.45) is 0. The van der Waals surface area contributed by atoms with Crippen molar-refractivity contribution in [2.75, 3.05) is 9.80 Å². The summed E-state index contributed by atoms with van der Waals surface area (Å²) in [6.45, 7) is 32.4. The lowest BCUT2D eigenvalue weighted by molar-refractivity contribution is 0.568. The Labute approximate surface area is 276 Å². The second kappa shape index (κ2) is 11.1. The maximum Gasteiger partial charge on any atom is 0.116 e. The normalized spacial score (nSPS) is 18.0. The van der Waals surface area contributed by atoms with Gasteiger partial charge in [-0.1, -0.05) is 131 Å². The molecule has 0 spiro atoms. The van der Waals surface area contributed by atoms with Crippen LogP contribution in [0.25, 0.3) is 0 Å². The van der Waals surface area contributed by atoms with Crippen LogP contribution in [0.3, 0.4) is 0 Å². The lowest BCUT2D eigenvalue weighted by atomic mass is 9.80. The fraction of sp³-hybridized carbons (Fsp3) is 0.450. The highest BCUT2D eigenvalue weighted by atomic mass is 32.2. The molecule has 2 nitrogen and oxygen atoms in total. The van der Waals surface area contributed by atoms with Crippen molar-refractivity contribution in [2.45, 2.75) is 123 Å². The standard InChI is InChI=1S/C40H52N2S2/c1-25-26(2)43-35(41(25)31-21-27(37(3,4)5)19-28(22-31)38(6,7)8)36-42(33-17-15-16-18-34(33)44-36)32-23-29(39(9,10)11)20-30(24-32)40(12,13)14/h15-24H,1-14H3/b36-35+. The van der Waals surface area contributed by atoms with Gasteiger partial charge in [0.05, 0.1) is 5.69 Å². The topological polar surface area (TPSA) is 6.48 Å². The molecule has 0 radical (unpaired) electrons. The molecule has 44 heavy (non-hydrogen) atoms. The van der Waals surface area contributed by atoms with E-state index in [1.807, 2.05) is 23.5 Å². The highest BCUT2D eigenvalue weighted by Gasteiger charge is 2.37. The van der Waals surface area contributed by atoms with Gasteiger partial charge in [-0.15, -0.1) is 0 Å². The minimum absolute atomic E-state index is 0.0370. The number of hydrogen-bond donors (Lipinski definition) is 0. The van der Waals surface area contributed by atoms with E-state index in [9.17, 15) is 0 Å². The van der Waals surface area contributed by atoms with Crippen molar-refractivity contribution in [2.24, 2.45) is 0 Å². The van der Waals surface area contributed by atoms with Crippen molar-refractivity contribution in [1.29, 1.82) is 0 Å². The largest absolute Gasteiger partial charge is 0.306 e. The van der Waals surface area contributed by atoms with Crippen LogP contribution >= 0.6 is 23.5 Å². The lowest BCUT2D eigenvalue weighted by Gasteiger charge is -2.32. The van der Waals surface area contributed by atoms with Gasteiger partial charge < -0.3 is 9.80 Å². The number of para-hydroxylation sites is 1. The Morgan fingerprint density at radius 3 is 1.30 bits per heavy atom. The number of fused-ring (bicyclic) bond motifs is 1. The number of allylic oxidation sites excluding steroid dienone is 2. The molecular weight excluding hydrogens is 573 g/mol. The molecule has 3 aromatic carbocycles. The van der Waals surface area contributed by atoms with E-state index in [0.29, 0.717) is 0 Å². The Morgan fingerprint density at radius 2 is 0.864 bits per heavy atom. The minimum atomic E-state index is 0.0370. The molecule has 234 valence electrons. The molecular formula is C40H52N2S2. The van der Waals surface area contributed by atoms with E-state index < -0.39 is 0 Å². The van der Waals surface area contributed by atoms with Crippen LogP contribution in [0.4, 0.5) is 17.1 Å². The Morgan fingerprint density at radius 1 is 0.477 bits per heavy atom. The summed E-state index contributed by atoms with van der Waals surface area (Å²) in [5, 5.41) is 2.56. The van der Waals surface area contributed by atoms with Gasteiger partial charge in [0.2, 0.25) is 0 Å². The Hall–Kier alpha value is -2.56. The highest BCUT2D eigenvalue weighted by molar-refractivity contribution is 8.09. The Kier molecular flexibility index (Phi) is 8.25. The Balaban J connectivity index is 1.79. The number of rotatable bonds is 2. The monoisotopic (exact) mass is 624 g/mol. The van der Waals surface area contributed by atoms with E-state index >= 15 is 0 Å². The van der Waals surface area contributed by atoms with Crippen LogP contribution in [-0.2, 0) is 21.7 Å². The van der Waals surface area contributed by atoms with Crippen LogP contribution in [-0.4, -0.2) is 0 Å². The zero-order valence-electron chi connectivity index (χ0n) is 29.5. The quantitative estimate of drug-likeness (QED) is 0.280. The molecule has 0 amide bonds. The first kappa shape index (κ1) is 32.8.